The fourth-order valence-electron chi connectivity index (χ4n) is 2.78. The normalized spacial score (nSPS) is 17.5. The second-order valence-corrected chi connectivity index (χ2v) is 5.73. The predicted molar refractivity (Wildman–Crippen MR) is 86.2 cm³/mol. The number of carbonyl (C=O) groups excluding carboxylic acids is 1. The second kappa shape index (κ2) is 6.60. The molecule has 1 N–H and O–H groups in total. The smallest absolute Gasteiger partial charge is 0.308 e. The van der Waals surface area contributed by atoms with E-state index in [9.17, 15) is 9.59 Å². The number of nitrogens with zero attached hydrogens (tertiary/aromatic N) is 2. The Morgan fingerprint density at radius 2 is 1.96 bits per heavy atom. The van der Waals surface area contributed by atoms with Crippen molar-refractivity contribution < 1.29 is 14.7 Å². The third-order valence-corrected chi connectivity index (χ3v) is 4.12. The molecular formula is C18H18N2O3. The molecule has 1 aromatic heterocycles. The topological polar surface area (TPSA) is 70.5 Å². The van der Waals surface area contributed by atoms with E-state index < -0.39 is 11.9 Å². The highest BCUT2D eigenvalue weighted by molar-refractivity contribution is 5.99. The van der Waals surface area contributed by atoms with Crippen LogP contribution in [0, 0.1) is 5.92 Å². The summed E-state index contributed by atoms with van der Waals surface area (Å²) in [5.41, 5.74) is 2.98. The number of carboxylic acid groups (broad SMARTS) is 1. The zero-order chi connectivity index (χ0) is 16.2. The fraction of sp³-hybridized carbons (Fsp3) is 0.278. The summed E-state index contributed by atoms with van der Waals surface area (Å²) in [7, 11) is 0. The van der Waals surface area contributed by atoms with Gasteiger partial charge in [-0.2, -0.15) is 0 Å². The van der Waals surface area contributed by atoms with Gasteiger partial charge in [0.2, 0.25) is 5.91 Å². The van der Waals surface area contributed by atoms with Crippen molar-refractivity contribution in [2.24, 2.45) is 5.92 Å². The molecule has 1 atom stereocenters. The maximum Gasteiger partial charge on any atom is 0.308 e. The highest BCUT2D eigenvalue weighted by atomic mass is 16.4. The molecule has 0 aliphatic carbocycles. The van der Waals surface area contributed by atoms with E-state index in [0.717, 1.165) is 24.2 Å². The van der Waals surface area contributed by atoms with Gasteiger partial charge in [-0.1, -0.05) is 18.2 Å². The van der Waals surface area contributed by atoms with Gasteiger partial charge in [-0.05, 0) is 42.7 Å². The molecular weight excluding hydrogens is 292 g/mol. The molecule has 0 saturated carbocycles. The van der Waals surface area contributed by atoms with E-state index in [-0.39, 0.29) is 18.9 Å². The van der Waals surface area contributed by atoms with Gasteiger partial charge in [0, 0.05) is 30.5 Å². The average Bonchev–Trinajstić information content (AvgIpc) is 2.97. The summed E-state index contributed by atoms with van der Waals surface area (Å²) in [6.07, 6.45) is 3.61. The zero-order valence-corrected chi connectivity index (χ0v) is 12.7. The van der Waals surface area contributed by atoms with Crippen LogP contribution in [0.3, 0.4) is 0 Å². The Bertz CT molecular complexity index is 698. The van der Waals surface area contributed by atoms with Crippen molar-refractivity contribution >= 4 is 17.6 Å². The van der Waals surface area contributed by atoms with Crippen LogP contribution in [0.4, 0.5) is 5.69 Å². The van der Waals surface area contributed by atoms with Crippen LogP contribution in [-0.2, 0) is 22.4 Å². The molecule has 3 rings (SSSR count). The number of amides is 1. The van der Waals surface area contributed by atoms with E-state index in [0.29, 0.717) is 0 Å². The molecule has 2 heterocycles. The Morgan fingerprint density at radius 3 is 2.57 bits per heavy atom. The molecule has 1 amide bonds. The maximum absolute atomic E-state index is 11.9. The first-order valence-corrected chi connectivity index (χ1v) is 7.65. The monoisotopic (exact) mass is 310 g/mol. The standard InChI is InChI=1S/C18H18N2O3/c21-17-11-14(18(22)23)12-20(17)16-8-5-13(6-9-16)4-7-15-3-1-2-10-19-15/h1-3,5-6,8-10,14H,4,7,11-12H2,(H,22,23)/t14-/m0/s1. The molecule has 5 nitrogen and oxygen atoms in total. The van der Waals surface area contributed by atoms with Gasteiger partial charge in [-0.3, -0.25) is 14.6 Å². The Labute approximate surface area is 134 Å². The lowest BCUT2D eigenvalue weighted by atomic mass is 10.1. The van der Waals surface area contributed by atoms with Crippen molar-refractivity contribution in [3.63, 3.8) is 0 Å². The fourth-order valence-corrected chi connectivity index (χ4v) is 2.78. The molecule has 2 aromatic rings. The molecule has 1 saturated heterocycles. The number of anilines is 1. The minimum atomic E-state index is -0.909. The Hall–Kier alpha value is -2.69. The van der Waals surface area contributed by atoms with Gasteiger partial charge in [-0.25, -0.2) is 0 Å². The average molecular weight is 310 g/mol. The molecule has 1 aliphatic rings. The van der Waals surface area contributed by atoms with Gasteiger partial charge in [-0.15, -0.1) is 0 Å². The summed E-state index contributed by atoms with van der Waals surface area (Å²) in [4.78, 5) is 28.8. The van der Waals surface area contributed by atoms with Gasteiger partial charge in [0.1, 0.15) is 0 Å². The SMILES string of the molecule is O=C(O)[C@H]1CC(=O)N(c2ccc(CCc3ccccn3)cc2)C1. The van der Waals surface area contributed by atoms with Crippen molar-refractivity contribution in [3.05, 3.63) is 59.9 Å². The number of benzene rings is 1. The van der Waals surface area contributed by atoms with Crippen LogP contribution >= 0.6 is 0 Å². The molecule has 0 unspecified atom stereocenters. The highest BCUT2D eigenvalue weighted by Crippen LogP contribution is 2.25. The van der Waals surface area contributed by atoms with Gasteiger partial charge in [0.15, 0.2) is 0 Å². The van der Waals surface area contributed by atoms with E-state index >= 15 is 0 Å². The maximum atomic E-state index is 11.9. The molecule has 0 spiro atoms. The van der Waals surface area contributed by atoms with Crippen molar-refractivity contribution in [2.75, 3.05) is 11.4 Å². The lowest BCUT2D eigenvalue weighted by Gasteiger charge is -2.16. The number of carbonyl (C=O) groups is 2. The molecule has 1 fully saturated rings. The number of aromatic nitrogens is 1. The van der Waals surface area contributed by atoms with E-state index in [2.05, 4.69) is 4.98 Å². The summed E-state index contributed by atoms with van der Waals surface area (Å²) in [5.74, 6) is -1.64. The summed E-state index contributed by atoms with van der Waals surface area (Å²) in [6, 6.07) is 13.6. The first-order chi connectivity index (χ1) is 11.1. The lowest BCUT2D eigenvalue weighted by molar-refractivity contribution is -0.141. The van der Waals surface area contributed by atoms with Crippen LogP contribution in [0.25, 0.3) is 0 Å². The van der Waals surface area contributed by atoms with E-state index in [1.165, 1.54) is 5.56 Å². The number of pyridine rings is 1. The third-order valence-electron chi connectivity index (χ3n) is 4.12. The van der Waals surface area contributed by atoms with Gasteiger partial charge < -0.3 is 10.0 Å². The minimum absolute atomic E-state index is 0.0801. The first-order valence-electron chi connectivity index (χ1n) is 7.65. The number of rotatable bonds is 5. The Morgan fingerprint density at radius 1 is 1.17 bits per heavy atom. The molecule has 23 heavy (non-hydrogen) atoms. The number of hydrogen-bond donors (Lipinski definition) is 1. The van der Waals surface area contributed by atoms with Crippen molar-refractivity contribution in [1.29, 1.82) is 0 Å². The van der Waals surface area contributed by atoms with Crippen LogP contribution in [0.1, 0.15) is 17.7 Å². The quantitative estimate of drug-likeness (QED) is 0.920. The molecule has 0 bridgehead atoms. The number of hydrogen-bond acceptors (Lipinski definition) is 3. The van der Waals surface area contributed by atoms with E-state index in [1.807, 2.05) is 42.5 Å². The van der Waals surface area contributed by atoms with Gasteiger partial charge in [0.25, 0.3) is 0 Å². The molecule has 118 valence electrons. The van der Waals surface area contributed by atoms with Crippen molar-refractivity contribution in [2.45, 2.75) is 19.3 Å². The third kappa shape index (κ3) is 3.56. The first kappa shape index (κ1) is 15.2. The summed E-state index contributed by atoms with van der Waals surface area (Å²) < 4.78 is 0. The minimum Gasteiger partial charge on any atom is -0.481 e. The highest BCUT2D eigenvalue weighted by Gasteiger charge is 2.34. The van der Waals surface area contributed by atoms with Crippen LogP contribution in [0.2, 0.25) is 0 Å². The summed E-state index contributed by atoms with van der Waals surface area (Å²) >= 11 is 0. The van der Waals surface area contributed by atoms with Gasteiger partial charge in [0.05, 0.1) is 5.92 Å². The van der Waals surface area contributed by atoms with Crippen LogP contribution in [0.5, 0.6) is 0 Å². The van der Waals surface area contributed by atoms with Crippen LogP contribution in [-0.4, -0.2) is 28.5 Å². The van der Waals surface area contributed by atoms with Gasteiger partial charge >= 0.3 is 5.97 Å². The largest absolute Gasteiger partial charge is 0.481 e. The van der Waals surface area contributed by atoms with Crippen LogP contribution < -0.4 is 4.90 Å². The molecule has 1 aliphatic heterocycles. The number of carboxylic acids is 1. The molecule has 5 heteroatoms. The van der Waals surface area contributed by atoms with E-state index in [1.54, 1.807) is 11.1 Å². The Kier molecular flexibility index (Phi) is 4.37. The molecule has 0 radical (unpaired) electrons. The van der Waals surface area contributed by atoms with Crippen molar-refractivity contribution in [3.8, 4) is 0 Å². The van der Waals surface area contributed by atoms with Crippen LogP contribution in [0.15, 0.2) is 48.7 Å². The second-order valence-electron chi connectivity index (χ2n) is 5.73. The lowest BCUT2D eigenvalue weighted by Crippen LogP contribution is -2.25. The Balaban J connectivity index is 1.63. The van der Waals surface area contributed by atoms with E-state index in [4.69, 9.17) is 5.11 Å². The summed E-state index contributed by atoms with van der Waals surface area (Å²) in [6.45, 7) is 0.251. The zero-order valence-electron chi connectivity index (χ0n) is 12.7. The predicted octanol–water partition coefficient (Wildman–Crippen LogP) is 2.30. The molecule has 1 aromatic carbocycles. The van der Waals surface area contributed by atoms with Crippen molar-refractivity contribution in [1.82, 2.24) is 4.98 Å². The number of aliphatic carboxylic acids is 1. The summed E-state index contributed by atoms with van der Waals surface area (Å²) in [5, 5.41) is 9.03. The number of aryl methyl sites for hydroxylation is 2.